The molecule has 1 aromatic heterocycles. The van der Waals surface area contributed by atoms with Gasteiger partial charge in [-0.05, 0) is 38.1 Å². The van der Waals surface area contributed by atoms with Crippen LogP contribution in [-0.2, 0) is 4.79 Å². The molecule has 6 nitrogen and oxygen atoms in total. The summed E-state index contributed by atoms with van der Waals surface area (Å²) in [4.78, 5) is 24.6. The summed E-state index contributed by atoms with van der Waals surface area (Å²) in [6, 6.07) is 14.1. The molecule has 0 radical (unpaired) electrons. The van der Waals surface area contributed by atoms with Crippen LogP contribution in [-0.4, -0.2) is 28.1 Å². The van der Waals surface area contributed by atoms with Gasteiger partial charge in [0.2, 0.25) is 11.0 Å². The number of carbonyl (C=O) groups is 2. The van der Waals surface area contributed by atoms with Gasteiger partial charge in [-0.1, -0.05) is 57.1 Å². The van der Waals surface area contributed by atoms with Gasteiger partial charge in [-0.25, -0.2) is 0 Å². The molecular weight excluding hydrogens is 428 g/mol. The number of halogens is 1. The lowest BCUT2D eigenvalue weighted by atomic mass is 10.1. The minimum Gasteiger partial charge on any atom is -0.341 e. The zero-order valence-electron chi connectivity index (χ0n) is 14.7. The highest BCUT2D eigenvalue weighted by molar-refractivity contribution is 9.10. The lowest BCUT2D eigenvalue weighted by Crippen LogP contribution is -2.41. The summed E-state index contributed by atoms with van der Waals surface area (Å²) in [7, 11) is 0. The summed E-state index contributed by atoms with van der Waals surface area (Å²) >= 11 is 4.61. The van der Waals surface area contributed by atoms with E-state index in [0.29, 0.717) is 10.7 Å². The van der Waals surface area contributed by atoms with E-state index < -0.39 is 6.04 Å². The van der Waals surface area contributed by atoms with Gasteiger partial charge >= 0.3 is 0 Å². The molecule has 2 N–H and O–H groups in total. The van der Waals surface area contributed by atoms with Gasteiger partial charge in [0.15, 0.2) is 0 Å². The molecule has 2 amide bonds. The van der Waals surface area contributed by atoms with Crippen molar-refractivity contribution >= 4 is 44.2 Å². The van der Waals surface area contributed by atoms with Crippen molar-refractivity contribution in [1.29, 1.82) is 0 Å². The molecule has 0 aliphatic rings. The average molecular weight is 445 g/mol. The van der Waals surface area contributed by atoms with E-state index in [1.54, 1.807) is 25.1 Å². The van der Waals surface area contributed by atoms with Crippen LogP contribution in [0, 0.1) is 6.92 Å². The number of aromatic nitrogens is 2. The summed E-state index contributed by atoms with van der Waals surface area (Å²) in [5.41, 5.74) is 2.54. The minimum absolute atomic E-state index is 0.323. The number of aryl methyl sites for hydroxylation is 1. The van der Waals surface area contributed by atoms with Crippen molar-refractivity contribution < 1.29 is 9.59 Å². The molecule has 138 valence electrons. The molecule has 0 aliphatic carbocycles. The number of nitrogens with one attached hydrogen (secondary N) is 2. The second-order valence-corrected chi connectivity index (χ2v) is 7.87. The molecular formula is C19H17BrN4O2S. The highest BCUT2D eigenvalue weighted by Crippen LogP contribution is 2.26. The Balaban J connectivity index is 1.62. The highest BCUT2D eigenvalue weighted by atomic mass is 79.9. The summed E-state index contributed by atoms with van der Waals surface area (Å²) in [5.74, 6) is -0.679. The molecule has 0 saturated heterocycles. The topological polar surface area (TPSA) is 84.0 Å². The van der Waals surface area contributed by atoms with E-state index in [1.807, 2.05) is 37.3 Å². The first-order chi connectivity index (χ1) is 12.9. The van der Waals surface area contributed by atoms with Crippen LogP contribution >= 0.6 is 27.3 Å². The quantitative estimate of drug-likeness (QED) is 0.621. The van der Waals surface area contributed by atoms with Crippen molar-refractivity contribution in [2.24, 2.45) is 0 Å². The third-order valence-corrected chi connectivity index (χ3v) is 5.13. The maximum absolute atomic E-state index is 12.3. The van der Waals surface area contributed by atoms with Crippen molar-refractivity contribution in [3.63, 3.8) is 0 Å². The van der Waals surface area contributed by atoms with E-state index in [9.17, 15) is 9.59 Å². The summed E-state index contributed by atoms with van der Waals surface area (Å²) in [6.45, 7) is 3.62. The molecule has 0 saturated carbocycles. The fraction of sp³-hybridized carbons (Fsp3) is 0.158. The van der Waals surface area contributed by atoms with Gasteiger partial charge in [0.25, 0.3) is 5.91 Å². The van der Waals surface area contributed by atoms with Gasteiger partial charge in [-0.15, -0.1) is 10.2 Å². The molecule has 0 fully saturated rings. The molecule has 3 aromatic rings. The second kappa shape index (κ2) is 8.41. The molecule has 3 rings (SSSR count). The van der Waals surface area contributed by atoms with E-state index in [4.69, 9.17) is 0 Å². The lowest BCUT2D eigenvalue weighted by molar-refractivity contribution is -0.117. The van der Waals surface area contributed by atoms with Crippen molar-refractivity contribution in [2.45, 2.75) is 19.9 Å². The Bertz CT molecular complexity index is 989. The molecule has 1 atom stereocenters. The van der Waals surface area contributed by atoms with Gasteiger partial charge in [0.1, 0.15) is 11.0 Å². The van der Waals surface area contributed by atoms with Crippen LogP contribution in [0.4, 0.5) is 5.13 Å². The standard InChI is InChI=1S/C19H17BrN4O2S/c1-11-5-3-7-14(9-11)18-23-24-19(27-18)22-16(25)12(2)21-17(26)13-6-4-8-15(20)10-13/h3-10,12H,1-2H3,(H,21,26)(H,22,24,25). The van der Waals surface area contributed by atoms with Gasteiger partial charge in [-0.2, -0.15) is 0 Å². The Morgan fingerprint density at radius 2 is 1.89 bits per heavy atom. The van der Waals surface area contributed by atoms with Crippen LogP contribution in [0.15, 0.2) is 53.0 Å². The first kappa shape index (κ1) is 19.2. The first-order valence-electron chi connectivity index (χ1n) is 8.20. The number of rotatable bonds is 5. The number of benzene rings is 2. The van der Waals surface area contributed by atoms with E-state index in [2.05, 4.69) is 36.8 Å². The normalized spacial score (nSPS) is 11.7. The minimum atomic E-state index is -0.720. The smallest absolute Gasteiger partial charge is 0.251 e. The van der Waals surface area contributed by atoms with E-state index >= 15 is 0 Å². The predicted octanol–water partition coefficient (Wildman–Crippen LogP) is 4.03. The summed E-state index contributed by atoms with van der Waals surface area (Å²) in [6.07, 6.45) is 0. The zero-order chi connectivity index (χ0) is 19.4. The molecule has 0 aliphatic heterocycles. The first-order valence-corrected chi connectivity index (χ1v) is 9.81. The van der Waals surface area contributed by atoms with Gasteiger partial charge in [0, 0.05) is 15.6 Å². The molecule has 27 heavy (non-hydrogen) atoms. The fourth-order valence-corrected chi connectivity index (χ4v) is 3.50. The van der Waals surface area contributed by atoms with Crippen molar-refractivity contribution in [3.8, 4) is 10.6 Å². The zero-order valence-corrected chi connectivity index (χ0v) is 17.1. The van der Waals surface area contributed by atoms with Gasteiger partial charge < -0.3 is 5.32 Å². The Morgan fingerprint density at radius 1 is 1.11 bits per heavy atom. The number of carbonyl (C=O) groups excluding carboxylic acids is 2. The van der Waals surface area contributed by atoms with Crippen LogP contribution < -0.4 is 10.6 Å². The van der Waals surface area contributed by atoms with Gasteiger partial charge in [-0.3, -0.25) is 14.9 Å². The Morgan fingerprint density at radius 3 is 2.63 bits per heavy atom. The fourth-order valence-electron chi connectivity index (χ4n) is 2.36. The van der Waals surface area contributed by atoms with E-state index in [1.165, 1.54) is 11.3 Å². The van der Waals surface area contributed by atoms with Gasteiger partial charge in [0.05, 0.1) is 0 Å². The molecule has 0 spiro atoms. The predicted molar refractivity (Wildman–Crippen MR) is 110 cm³/mol. The Kier molecular flexibility index (Phi) is 5.98. The number of amides is 2. The van der Waals surface area contributed by atoms with Crippen LogP contribution in [0.3, 0.4) is 0 Å². The van der Waals surface area contributed by atoms with Crippen LogP contribution in [0.1, 0.15) is 22.8 Å². The van der Waals surface area contributed by atoms with Crippen molar-refractivity contribution in [1.82, 2.24) is 15.5 Å². The molecule has 1 unspecified atom stereocenters. The third-order valence-electron chi connectivity index (χ3n) is 3.75. The number of hydrogen-bond donors (Lipinski definition) is 2. The second-order valence-electron chi connectivity index (χ2n) is 5.98. The van der Waals surface area contributed by atoms with Crippen molar-refractivity contribution in [2.75, 3.05) is 5.32 Å². The van der Waals surface area contributed by atoms with E-state index in [-0.39, 0.29) is 11.8 Å². The molecule has 1 heterocycles. The molecule has 0 bridgehead atoms. The molecule has 2 aromatic carbocycles. The van der Waals surface area contributed by atoms with Crippen LogP contribution in [0.5, 0.6) is 0 Å². The summed E-state index contributed by atoms with van der Waals surface area (Å²) < 4.78 is 0.796. The monoisotopic (exact) mass is 444 g/mol. The maximum Gasteiger partial charge on any atom is 0.251 e. The van der Waals surface area contributed by atoms with E-state index in [0.717, 1.165) is 20.6 Å². The largest absolute Gasteiger partial charge is 0.341 e. The maximum atomic E-state index is 12.3. The highest BCUT2D eigenvalue weighted by Gasteiger charge is 2.18. The average Bonchev–Trinajstić information content (AvgIpc) is 3.10. The Hall–Kier alpha value is -2.58. The number of hydrogen-bond acceptors (Lipinski definition) is 5. The Labute approximate surface area is 169 Å². The molecule has 8 heteroatoms. The summed E-state index contributed by atoms with van der Waals surface area (Å²) in [5, 5.41) is 14.6. The SMILES string of the molecule is Cc1cccc(-c2nnc(NC(=O)C(C)NC(=O)c3cccc(Br)c3)s2)c1. The van der Waals surface area contributed by atoms with Crippen LogP contribution in [0.25, 0.3) is 10.6 Å². The third kappa shape index (κ3) is 4.99. The number of anilines is 1. The lowest BCUT2D eigenvalue weighted by Gasteiger charge is -2.13. The number of nitrogens with zero attached hydrogens (tertiary/aromatic N) is 2. The van der Waals surface area contributed by atoms with Crippen molar-refractivity contribution in [3.05, 3.63) is 64.1 Å². The van der Waals surface area contributed by atoms with Crippen LogP contribution in [0.2, 0.25) is 0 Å².